The third kappa shape index (κ3) is 5.63. The molecule has 3 atom stereocenters. The largest absolute Gasteiger partial charge is 0.573 e. The molecule has 0 aromatic heterocycles. The Balaban J connectivity index is 1.40. The summed E-state index contributed by atoms with van der Waals surface area (Å²) < 4.78 is 54.9. The molecule has 2 aliphatic carbocycles. The molecular formula is C22H25F4N5O2. The first-order valence-electron chi connectivity index (χ1n) is 10.8. The number of benzene rings is 1. The first kappa shape index (κ1) is 23.1. The van der Waals surface area contributed by atoms with Gasteiger partial charge in [-0.25, -0.2) is 9.18 Å². The number of amidine groups is 1. The normalized spacial score (nSPS) is 24.2. The molecule has 1 aromatic carbocycles. The number of likely N-dealkylation sites (tertiary alicyclic amines) is 1. The molecular weight excluding hydrogens is 442 g/mol. The van der Waals surface area contributed by atoms with Crippen molar-refractivity contribution in [1.82, 2.24) is 15.1 Å². The molecule has 3 fully saturated rings. The Hall–Kier alpha value is -3.11. The minimum Gasteiger partial charge on any atom is -0.406 e. The second-order valence-electron chi connectivity index (χ2n) is 8.61. The SMILES string of the molecule is N=C/C=C\C(=N)N1CC(N(C(=O)NCc2ccc(OC(F)(F)F)cc2F)C2CC2)CC2CC21. The van der Waals surface area contributed by atoms with Gasteiger partial charge in [0, 0.05) is 43.0 Å². The number of alkyl halides is 3. The molecule has 33 heavy (non-hydrogen) atoms. The predicted octanol–water partition coefficient (Wildman–Crippen LogP) is 4.04. The van der Waals surface area contributed by atoms with E-state index >= 15 is 0 Å². The van der Waals surface area contributed by atoms with Crippen LogP contribution in [0.5, 0.6) is 5.75 Å². The van der Waals surface area contributed by atoms with E-state index in [1.54, 1.807) is 11.0 Å². The molecule has 1 aliphatic heterocycles. The summed E-state index contributed by atoms with van der Waals surface area (Å²) in [4.78, 5) is 16.8. The number of fused-ring (bicyclic) bond motifs is 1. The first-order chi connectivity index (χ1) is 15.7. The number of urea groups is 1. The highest BCUT2D eigenvalue weighted by atomic mass is 19.4. The van der Waals surface area contributed by atoms with E-state index in [2.05, 4.69) is 10.1 Å². The molecule has 0 spiro atoms. The number of rotatable bonds is 7. The van der Waals surface area contributed by atoms with Crippen LogP contribution in [-0.2, 0) is 6.54 Å². The van der Waals surface area contributed by atoms with Crippen LogP contribution in [0.4, 0.5) is 22.4 Å². The molecule has 2 amide bonds. The summed E-state index contributed by atoms with van der Waals surface area (Å²) in [5.74, 6) is -0.832. The van der Waals surface area contributed by atoms with Crippen molar-refractivity contribution in [1.29, 1.82) is 10.8 Å². The summed E-state index contributed by atoms with van der Waals surface area (Å²) in [6, 6.07) is 2.75. The lowest BCUT2D eigenvalue weighted by atomic mass is 10.0. The van der Waals surface area contributed by atoms with E-state index in [9.17, 15) is 22.4 Å². The van der Waals surface area contributed by atoms with Gasteiger partial charge in [-0.05, 0) is 49.8 Å². The van der Waals surface area contributed by atoms with Gasteiger partial charge < -0.3 is 25.3 Å². The van der Waals surface area contributed by atoms with Crippen LogP contribution in [0.2, 0.25) is 0 Å². The lowest BCUT2D eigenvalue weighted by molar-refractivity contribution is -0.274. The number of hydrogen-bond acceptors (Lipinski definition) is 4. The number of amides is 2. The average Bonchev–Trinajstić information content (AvgIpc) is 3.65. The highest BCUT2D eigenvalue weighted by molar-refractivity contribution is 5.94. The van der Waals surface area contributed by atoms with Gasteiger partial charge >= 0.3 is 12.4 Å². The minimum atomic E-state index is -4.91. The number of ether oxygens (including phenoxy) is 1. The zero-order valence-corrected chi connectivity index (χ0v) is 17.7. The van der Waals surface area contributed by atoms with Crippen LogP contribution in [-0.4, -0.2) is 58.9 Å². The number of nitrogens with one attached hydrogen (secondary N) is 3. The fraction of sp³-hybridized carbons (Fsp3) is 0.500. The summed E-state index contributed by atoms with van der Waals surface area (Å²) in [6.45, 7) is 0.352. The van der Waals surface area contributed by atoms with Crippen molar-refractivity contribution in [2.75, 3.05) is 6.54 Å². The van der Waals surface area contributed by atoms with Crippen LogP contribution in [0.15, 0.2) is 30.4 Å². The fourth-order valence-electron chi connectivity index (χ4n) is 4.48. The molecule has 1 saturated heterocycles. The Morgan fingerprint density at radius 3 is 2.67 bits per heavy atom. The van der Waals surface area contributed by atoms with Gasteiger partial charge in [0.05, 0.1) is 6.04 Å². The molecule has 1 heterocycles. The maximum atomic E-state index is 14.2. The van der Waals surface area contributed by atoms with Crippen molar-refractivity contribution in [2.45, 2.75) is 56.7 Å². The smallest absolute Gasteiger partial charge is 0.406 e. The lowest BCUT2D eigenvalue weighted by Gasteiger charge is -2.40. The van der Waals surface area contributed by atoms with Crippen LogP contribution in [0.1, 0.15) is 31.2 Å². The van der Waals surface area contributed by atoms with E-state index in [1.165, 1.54) is 6.08 Å². The number of piperidine rings is 1. The van der Waals surface area contributed by atoms with Crippen LogP contribution in [0.3, 0.4) is 0 Å². The molecule has 2 saturated carbocycles. The van der Waals surface area contributed by atoms with Gasteiger partial charge in [0.25, 0.3) is 0 Å². The van der Waals surface area contributed by atoms with Gasteiger partial charge in [0.2, 0.25) is 0 Å². The number of halogens is 4. The van der Waals surface area contributed by atoms with Crippen molar-refractivity contribution in [2.24, 2.45) is 5.92 Å². The summed E-state index contributed by atoms with van der Waals surface area (Å²) >= 11 is 0. The third-order valence-electron chi connectivity index (χ3n) is 6.18. The minimum absolute atomic E-state index is 0.0553. The molecule has 4 rings (SSSR count). The number of carbonyl (C=O) groups excluding carboxylic acids is 1. The lowest BCUT2D eigenvalue weighted by Crippen LogP contribution is -2.55. The summed E-state index contributed by atoms with van der Waals surface area (Å²) in [5, 5.41) is 18.1. The standard InChI is InChI=1S/C22H25F4N5O2/c23-18-10-17(33-22(24,25)26)6-3-13(18)11-29-21(32)31(15-4-5-15)16-8-14-9-19(14)30(12-16)20(28)2-1-7-27/h1-3,6-7,10,14-16,19,27-28H,4-5,8-9,11-12H2,(H,29,32)/b2-1-,27-7?,28-20?. The van der Waals surface area contributed by atoms with E-state index in [0.717, 1.165) is 44.0 Å². The molecule has 0 radical (unpaired) electrons. The van der Waals surface area contributed by atoms with Crippen molar-refractivity contribution in [3.8, 4) is 5.75 Å². The van der Waals surface area contributed by atoms with E-state index in [1.807, 2.05) is 4.90 Å². The molecule has 3 unspecified atom stereocenters. The molecule has 3 aliphatic rings. The van der Waals surface area contributed by atoms with E-state index in [-0.39, 0.29) is 30.2 Å². The van der Waals surface area contributed by atoms with Crippen LogP contribution >= 0.6 is 0 Å². The van der Waals surface area contributed by atoms with E-state index in [0.29, 0.717) is 30.4 Å². The first-order valence-corrected chi connectivity index (χ1v) is 10.8. The van der Waals surface area contributed by atoms with Crippen molar-refractivity contribution >= 4 is 18.1 Å². The fourth-order valence-corrected chi connectivity index (χ4v) is 4.48. The highest BCUT2D eigenvalue weighted by Crippen LogP contribution is 2.46. The molecule has 11 heteroatoms. The van der Waals surface area contributed by atoms with Gasteiger partial charge in [-0.15, -0.1) is 13.2 Å². The maximum absolute atomic E-state index is 14.2. The predicted molar refractivity (Wildman–Crippen MR) is 113 cm³/mol. The van der Waals surface area contributed by atoms with Crippen LogP contribution < -0.4 is 10.1 Å². The number of hydrogen-bond donors (Lipinski definition) is 3. The highest BCUT2D eigenvalue weighted by Gasteiger charge is 2.51. The van der Waals surface area contributed by atoms with E-state index < -0.39 is 17.9 Å². The third-order valence-corrected chi connectivity index (χ3v) is 6.18. The van der Waals surface area contributed by atoms with Gasteiger partial charge in [-0.1, -0.05) is 6.07 Å². The molecule has 178 valence electrons. The Kier molecular flexibility index (Phi) is 6.31. The van der Waals surface area contributed by atoms with Gasteiger partial charge in [0.1, 0.15) is 17.4 Å². The Morgan fingerprint density at radius 1 is 1.27 bits per heavy atom. The Morgan fingerprint density at radius 2 is 2.03 bits per heavy atom. The molecule has 7 nitrogen and oxygen atoms in total. The Labute approximate surface area is 188 Å². The zero-order valence-electron chi connectivity index (χ0n) is 17.7. The Bertz CT molecular complexity index is 963. The zero-order chi connectivity index (χ0) is 23.8. The molecule has 1 aromatic rings. The number of nitrogens with zero attached hydrogens (tertiary/aromatic N) is 2. The van der Waals surface area contributed by atoms with Crippen molar-refractivity contribution in [3.63, 3.8) is 0 Å². The number of allylic oxidation sites excluding steroid dienone is 1. The average molecular weight is 467 g/mol. The van der Waals surface area contributed by atoms with Gasteiger partial charge in [0.15, 0.2) is 0 Å². The van der Waals surface area contributed by atoms with Gasteiger partial charge in [-0.3, -0.25) is 5.41 Å². The van der Waals surface area contributed by atoms with Crippen LogP contribution in [0, 0.1) is 22.6 Å². The van der Waals surface area contributed by atoms with Gasteiger partial charge in [-0.2, -0.15) is 0 Å². The summed E-state index contributed by atoms with van der Waals surface area (Å²) in [5.41, 5.74) is 0.0553. The molecule has 0 bridgehead atoms. The topological polar surface area (TPSA) is 92.5 Å². The number of carbonyl (C=O) groups is 1. The second-order valence-corrected chi connectivity index (χ2v) is 8.61. The van der Waals surface area contributed by atoms with Crippen molar-refractivity contribution in [3.05, 3.63) is 41.7 Å². The summed E-state index contributed by atoms with van der Waals surface area (Å²) in [6.07, 6.45) is 2.83. The van der Waals surface area contributed by atoms with Crippen molar-refractivity contribution < 1.29 is 27.1 Å². The second kappa shape index (κ2) is 9.03. The maximum Gasteiger partial charge on any atom is 0.573 e. The molecule has 3 N–H and O–H groups in total. The quantitative estimate of drug-likeness (QED) is 0.321. The van der Waals surface area contributed by atoms with E-state index in [4.69, 9.17) is 10.8 Å². The van der Waals surface area contributed by atoms with Crippen LogP contribution in [0.25, 0.3) is 0 Å². The summed E-state index contributed by atoms with van der Waals surface area (Å²) in [7, 11) is 0. The monoisotopic (exact) mass is 467 g/mol.